The van der Waals surface area contributed by atoms with Gasteiger partial charge >= 0.3 is 12.2 Å². The number of nitrogens with zero attached hydrogens (tertiary/aromatic N) is 3. The van der Waals surface area contributed by atoms with Gasteiger partial charge in [-0.1, -0.05) is 31.1 Å². The highest BCUT2D eigenvalue weighted by Crippen LogP contribution is 2.41. The van der Waals surface area contributed by atoms with Crippen LogP contribution in [-0.4, -0.2) is 46.7 Å². The van der Waals surface area contributed by atoms with Crippen molar-refractivity contribution in [2.45, 2.75) is 50.9 Å². The highest BCUT2D eigenvalue weighted by Gasteiger charge is 2.45. The highest BCUT2D eigenvalue weighted by molar-refractivity contribution is 7.91. The van der Waals surface area contributed by atoms with Gasteiger partial charge in [-0.05, 0) is 50.1 Å². The lowest BCUT2D eigenvalue weighted by atomic mass is 10.1. The Morgan fingerprint density at radius 2 is 1.79 bits per heavy atom. The van der Waals surface area contributed by atoms with Gasteiger partial charge in [0.2, 0.25) is 11.7 Å². The Kier molecular flexibility index (Phi) is 7.19. The minimum absolute atomic E-state index is 0.0806. The van der Waals surface area contributed by atoms with Crippen LogP contribution in [0.15, 0.2) is 51.9 Å². The number of carbonyl (C=O) groups is 2. The molecule has 1 saturated heterocycles. The Morgan fingerprint density at radius 3 is 2.41 bits per heavy atom. The molecule has 3 aromatic rings. The summed E-state index contributed by atoms with van der Waals surface area (Å²) in [7, 11) is -3.83. The second-order valence-corrected chi connectivity index (χ2v) is 11.9. The average molecular weight is 567 g/mol. The fourth-order valence-electron chi connectivity index (χ4n) is 3.95. The number of amides is 3. The maximum Gasteiger partial charge on any atom is 0.420 e. The van der Waals surface area contributed by atoms with E-state index in [0.29, 0.717) is 0 Å². The van der Waals surface area contributed by atoms with Crippen LogP contribution in [0.1, 0.15) is 39.1 Å². The number of hydrogen-bond donors (Lipinski definition) is 1. The minimum Gasteiger partial charge on any atom is -0.455 e. The molecular formula is C25H25F3N4O6S. The summed E-state index contributed by atoms with van der Waals surface area (Å²) in [6.07, 6.45) is -4.88. The van der Waals surface area contributed by atoms with E-state index in [1.54, 1.807) is 13.8 Å². The first kappa shape index (κ1) is 28.1. The quantitative estimate of drug-likeness (QED) is 0.385. The molecule has 0 aliphatic carbocycles. The molecule has 0 spiro atoms. The van der Waals surface area contributed by atoms with Crippen molar-refractivity contribution in [2.24, 2.45) is 5.92 Å². The van der Waals surface area contributed by atoms with Crippen LogP contribution >= 0.6 is 0 Å². The Morgan fingerprint density at radius 1 is 1.10 bits per heavy atom. The van der Waals surface area contributed by atoms with Gasteiger partial charge in [-0.3, -0.25) is 9.69 Å². The number of imide groups is 1. The Hall–Kier alpha value is -3.94. The van der Waals surface area contributed by atoms with Crippen molar-refractivity contribution in [3.63, 3.8) is 0 Å². The van der Waals surface area contributed by atoms with E-state index in [1.807, 2.05) is 0 Å². The first-order chi connectivity index (χ1) is 18.1. The van der Waals surface area contributed by atoms with Crippen molar-refractivity contribution >= 4 is 21.8 Å². The van der Waals surface area contributed by atoms with Gasteiger partial charge in [0.15, 0.2) is 9.84 Å². The zero-order valence-electron chi connectivity index (χ0n) is 21.4. The van der Waals surface area contributed by atoms with Crippen LogP contribution in [0.3, 0.4) is 0 Å². The molecule has 0 saturated carbocycles. The van der Waals surface area contributed by atoms with Crippen LogP contribution in [0.2, 0.25) is 0 Å². The third kappa shape index (κ3) is 5.90. The van der Waals surface area contributed by atoms with Crippen LogP contribution in [0.25, 0.3) is 11.4 Å². The summed E-state index contributed by atoms with van der Waals surface area (Å²) in [4.78, 5) is 29.1. The lowest BCUT2D eigenvalue weighted by Gasteiger charge is -2.17. The summed E-state index contributed by atoms with van der Waals surface area (Å²) >= 11 is 0. The molecule has 1 N–H and O–H groups in total. The standard InChI is InChI=1S/C25H25F3N4O6S/c1-14(2)13-39(35,36)19-8-6-5-7-18(19)37-17-10-9-15(11-16(17)25(26,27)28)21-29-20(38-31-21)12-32-22(33)24(3,4)30-23(32)34/h5-11,14H,12-13H2,1-4H3,(H,30,34). The molecule has 2 aromatic carbocycles. The predicted octanol–water partition coefficient (Wildman–Crippen LogP) is 4.81. The van der Waals surface area contributed by atoms with Gasteiger partial charge in [-0.25, -0.2) is 13.2 Å². The molecule has 4 rings (SSSR count). The fraction of sp³-hybridized carbons (Fsp3) is 0.360. The molecule has 2 heterocycles. The van der Waals surface area contributed by atoms with Crippen molar-refractivity contribution in [1.82, 2.24) is 20.4 Å². The maximum atomic E-state index is 14.0. The SMILES string of the molecule is CC(C)CS(=O)(=O)c1ccccc1Oc1ccc(-c2noc(CN3C(=O)NC(C)(C)C3=O)n2)cc1C(F)(F)F. The van der Waals surface area contributed by atoms with Crippen LogP contribution in [0.5, 0.6) is 11.5 Å². The van der Waals surface area contributed by atoms with Crippen LogP contribution < -0.4 is 10.1 Å². The topological polar surface area (TPSA) is 132 Å². The van der Waals surface area contributed by atoms with Crippen molar-refractivity contribution in [2.75, 3.05) is 5.75 Å². The van der Waals surface area contributed by atoms with E-state index in [-0.39, 0.29) is 46.1 Å². The molecule has 1 aliphatic rings. The number of para-hydroxylation sites is 1. The van der Waals surface area contributed by atoms with Gasteiger partial charge in [0, 0.05) is 5.56 Å². The van der Waals surface area contributed by atoms with Crippen molar-refractivity contribution < 1.29 is 40.4 Å². The smallest absolute Gasteiger partial charge is 0.420 e. The zero-order chi connectivity index (χ0) is 28.8. The Bertz CT molecular complexity index is 1530. The number of ether oxygens (including phenoxy) is 1. The summed E-state index contributed by atoms with van der Waals surface area (Å²) < 4.78 is 78.3. The molecule has 14 heteroatoms. The molecule has 1 aromatic heterocycles. The van der Waals surface area contributed by atoms with Gasteiger partial charge in [0.1, 0.15) is 28.5 Å². The molecule has 10 nitrogen and oxygen atoms in total. The number of rotatable bonds is 8. The molecule has 0 radical (unpaired) electrons. The maximum absolute atomic E-state index is 14.0. The van der Waals surface area contributed by atoms with Gasteiger partial charge in [0.25, 0.3) is 5.91 Å². The van der Waals surface area contributed by atoms with E-state index in [0.717, 1.165) is 17.0 Å². The van der Waals surface area contributed by atoms with E-state index < -0.39 is 44.8 Å². The minimum atomic E-state index is -4.88. The molecule has 1 fully saturated rings. The monoisotopic (exact) mass is 566 g/mol. The third-order valence-corrected chi connectivity index (χ3v) is 7.82. The third-order valence-electron chi connectivity index (χ3n) is 5.71. The number of hydrogen-bond acceptors (Lipinski definition) is 8. The number of aromatic nitrogens is 2. The van der Waals surface area contributed by atoms with E-state index >= 15 is 0 Å². The normalized spacial score (nSPS) is 15.6. The zero-order valence-corrected chi connectivity index (χ0v) is 22.2. The van der Waals surface area contributed by atoms with Gasteiger partial charge < -0.3 is 14.6 Å². The molecular weight excluding hydrogens is 541 g/mol. The van der Waals surface area contributed by atoms with Gasteiger partial charge in [-0.15, -0.1) is 0 Å². The number of sulfone groups is 1. The molecule has 0 unspecified atom stereocenters. The number of nitrogens with one attached hydrogen (secondary N) is 1. The van der Waals surface area contributed by atoms with Crippen molar-refractivity contribution in [3.8, 4) is 22.9 Å². The van der Waals surface area contributed by atoms with Crippen molar-refractivity contribution in [1.29, 1.82) is 0 Å². The van der Waals surface area contributed by atoms with E-state index in [1.165, 1.54) is 44.2 Å². The van der Waals surface area contributed by atoms with E-state index in [4.69, 9.17) is 9.26 Å². The van der Waals surface area contributed by atoms with E-state index in [9.17, 15) is 31.2 Å². The summed E-state index contributed by atoms with van der Waals surface area (Å²) in [6, 6.07) is 7.83. The van der Waals surface area contributed by atoms with Gasteiger partial charge in [-0.2, -0.15) is 18.2 Å². The van der Waals surface area contributed by atoms with Crippen molar-refractivity contribution in [3.05, 3.63) is 53.9 Å². The van der Waals surface area contributed by atoms with E-state index in [2.05, 4.69) is 15.5 Å². The number of halogens is 3. The molecule has 208 valence electrons. The summed E-state index contributed by atoms with van der Waals surface area (Å²) in [5.41, 5.74) is -2.40. The summed E-state index contributed by atoms with van der Waals surface area (Å²) in [6.45, 7) is 6.10. The first-order valence-corrected chi connectivity index (χ1v) is 13.4. The number of alkyl halides is 3. The fourth-order valence-corrected chi connectivity index (χ4v) is 5.71. The summed E-state index contributed by atoms with van der Waals surface area (Å²) in [5, 5.41) is 6.18. The molecule has 0 bridgehead atoms. The molecule has 39 heavy (non-hydrogen) atoms. The lowest BCUT2D eigenvalue weighted by molar-refractivity contribution is -0.138. The predicted molar refractivity (Wildman–Crippen MR) is 131 cm³/mol. The molecule has 1 aliphatic heterocycles. The number of benzene rings is 2. The largest absolute Gasteiger partial charge is 0.455 e. The Labute approximate surface area is 222 Å². The first-order valence-electron chi connectivity index (χ1n) is 11.8. The summed E-state index contributed by atoms with van der Waals surface area (Å²) in [5.74, 6) is -2.18. The highest BCUT2D eigenvalue weighted by atomic mass is 32.2. The number of urea groups is 1. The van der Waals surface area contributed by atoms with Crippen LogP contribution in [0, 0.1) is 5.92 Å². The number of carbonyl (C=O) groups excluding carboxylic acids is 2. The van der Waals surface area contributed by atoms with Gasteiger partial charge in [0.05, 0.1) is 11.3 Å². The molecule has 0 atom stereocenters. The van der Waals surface area contributed by atoms with Crippen LogP contribution in [0.4, 0.5) is 18.0 Å². The second kappa shape index (κ2) is 9.98. The van der Waals surface area contributed by atoms with Crippen LogP contribution in [-0.2, 0) is 27.4 Å². The average Bonchev–Trinajstić information content (AvgIpc) is 3.36. The Balaban J connectivity index is 1.64. The second-order valence-electron chi connectivity index (χ2n) is 9.89. The lowest BCUT2D eigenvalue weighted by Crippen LogP contribution is -2.40. The molecule has 3 amide bonds.